The van der Waals surface area contributed by atoms with E-state index in [1.165, 1.54) is 11.1 Å². The second kappa shape index (κ2) is 9.93. The van der Waals surface area contributed by atoms with Crippen LogP contribution in [0.25, 0.3) is 0 Å². The highest BCUT2D eigenvalue weighted by Crippen LogP contribution is 2.13. The lowest BCUT2D eigenvalue weighted by Crippen LogP contribution is -2.18. The summed E-state index contributed by atoms with van der Waals surface area (Å²) in [4.78, 5) is 0.931. The van der Waals surface area contributed by atoms with Gasteiger partial charge in [0.05, 0.1) is 0 Å². The molecule has 0 saturated carbocycles. The Balaban J connectivity index is 1.82. The molecule has 2 radical (unpaired) electrons. The molecule has 0 amide bonds. The fraction of sp³-hybridized carbons (Fsp3) is 0.333. The molecule has 3 heteroatoms. The molecular formula is C18H21BrOSi. The highest BCUT2D eigenvalue weighted by Gasteiger charge is 2.10. The summed E-state index contributed by atoms with van der Waals surface area (Å²) in [5, 5.41) is 0. The summed E-state index contributed by atoms with van der Waals surface area (Å²) in [6.07, 6.45) is 4.72. The van der Waals surface area contributed by atoms with Crippen molar-refractivity contribution in [3.8, 4) is 0 Å². The van der Waals surface area contributed by atoms with E-state index in [0.29, 0.717) is 15.9 Å². The van der Waals surface area contributed by atoms with Gasteiger partial charge in [-0.1, -0.05) is 76.6 Å². The number of halogens is 1. The lowest BCUT2D eigenvalue weighted by atomic mass is 10.0. The Morgan fingerprint density at radius 1 is 0.810 bits per heavy atom. The van der Waals surface area contributed by atoms with E-state index < -0.39 is 0 Å². The minimum absolute atomic E-state index is 0.348. The van der Waals surface area contributed by atoms with Crippen molar-refractivity contribution in [1.82, 2.24) is 0 Å². The molecule has 0 unspecified atom stereocenters. The summed E-state index contributed by atoms with van der Waals surface area (Å²) in [6, 6.07) is 21.3. The molecule has 0 saturated heterocycles. The molecule has 21 heavy (non-hydrogen) atoms. The number of hydrogen-bond donors (Lipinski definition) is 0. The third-order valence-corrected chi connectivity index (χ3v) is 4.80. The maximum atomic E-state index is 6.02. The quantitative estimate of drug-likeness (QED) is 0.468. The minimum Gasteiger partial charge on any atom is -0.414 e. The van der Waals surface area contributed by atoms with Crippen LogP contribution < -0.4 is 0 Å². The molecule has 0 atom stereocenters. The molecule has 2 aromatic carbocycles. The molecule has 1 nitrogen and oxygen atoms in total. The Hall–Kier alpha value is -0.903. The van der Waals surface area contributed by atoms with Crippen LogP contribution >= 0.6 is 15.9 Å². The lowest BCUT2D eigenvalue weighted by molar-refractivity contribution is 0.192. The van der Waals surface area contributed by atoms with Crippen LogP contribution in [-0.2, 0) is 17.3 Å². The molecule has 2 rings (SSSR count). The average Bonchev–Trinajstić information content (AvgIpc) is 2.56. The fourth-order valence-electron chi connectivity index (χ4n) is 2.36. The van der Waals surface area contributed by atoms with E-state index in [0.717, 1.165) is 30.6 Å². The van der Waals surface area contributed by atoms with Crippen LogP contribution in [0.15, 0.2) is 60.7 Å². The Kier molecular flexibility index (Phi) is 7.79. The lowest BCUT2D eigenvalue weighted by Gasteiger charge is -2.17. The second-order valence-corrected chi connectivity index (χ2v) is 7.54. The van der Waals surface area contributed by atoms with Crippen LogP contribution in [0.3, 0.4) is 0 Å². The van der Waals surface area contributed by atoms with Crippen molar-refractivity contribution in [2.45, 2.75) is 31.8 Å². The molecule has 0 aliphatic carbocycles. The Morgan fingerprint density at radius 2 is 1.29 bits per heavy atom. The van der Waals surface area contributed by atoms with Crippen LogP contribution in [0, 0.1) is 0 Å². The van der Waals surface area contributed by atoms with Crippen LogP contribution in [-0.4, -0.2) is 20.8 Å². The van der Waals surface area contributed by atoms with Gasteiger partial charge in [0.25, 0.3) is 0 Å². The first-order valence-electron chi connectivity index (χ1n) is 7.41. The van der Waals surface area contributed by atoms with E-state index in [9.17, 15) is 0 Å². The van der Waals surface area contributed by atoms with E-state index in [-0.39, 0.29) is 0 Å². The van der Waals surface area contributed by atoms with Crippen LogP contribution in [0.1, 0.15) is 24.0 Å². The molecular weight excluding hydrogens is 340 g/mol. The smallest absolute Gasteiger partial charge is 0.241 e. The second-order valence-electron chi connectivity index (χ2n) is 5.07. The van der Waals surface area contributed by atoms with Crippen molar-refractivity contribution < 1.29 is 4.43 Å². The van der Waals surface area contributed by atoms with Gasteiger partial charge in [-0.3, -0.25) is 0 Å². The Morgan fingerprint density at radius 3 is 1.71 bits per heavy atom. The van der Waals surface area contributed by atoms with E-state index in [1.54, 1.807) is 0 Å². The van der Waals surface area contributed by atoms with Crippen molar-refractivity contribution in [3.05, 3.63) is 71.8 Å². The summed E-state index contributed by atoms with van der Waals surface area (Å²) in [5.74, 6) is 0. The first-order valence-corrected chi connectivity index (χ1v) is 9.64. The van der Waals surface area contributed by atoms with Crippen LogP contribution in [0.2, 0.25) is 0 Å². The molecule has 110 valence electrons. The molecule has 0 spiro atoms. The molecule has 0 aliphatic heterocycles. The van der Waals surface area contributed by atoms with E-state index in [4.69, 9.17) is 4.43 Å². The van der Waals surface area contributed by atoms with Gasteiger partial charge >= 0.3 is 0 Å². The zero-order valence-electron chi connectivity index (χ0n) is 12.2. The van der Waals surface area contributed by atoms with Crippen molar-refractivity contribution in [2.24, 2.45) is 0 Å². The van der Waals surface area contributed by atoms with Gasteiger partial charge < -0.3 is 4.43 Å². The van der Waals surface area contributed by atoms with Gasteiger partial charge in [0, 0.05) is 11.1 Å². The van der Waals surface area contributed by atoms with Gasteiger partial charge in [-0.15, -0.1) is 0 Å². The maximum absolute atomic E-state index is 6.02. The van der Waals surface area contributed by atoms with Gasteiger partial charge in [0.15, 0.2) is 0 Å². The first kappa shape index (κ1) is 16.5. The highest BCUT2D eigenvalue weighted by atomic mass is 79.9. The van der Waals surface area contributed by atoms with E-state index in [1.807, 2.05) is 0 Å². The van der Waals surface area contributed by atoms with E-state index in [2.05, 4.69) is 76.6 Å². The van der Waals surface area contributed by atoms with Crippen LogP contribution in [0.4, 0.5) is 0 Å². The molecule has 0 aromatic heterocycles. The van der Waals surface area contributed by atoms with Gasteiger partial charge in [-0.25, -0.2) is 0 Å². The predicted octanol–water partition coefficient (Wildman–Crippen LogP) is 4.61. The van der Waals surface area contributed by atoms with Crippen molar-refractivity contribution in [2.75, 3.05) is 4.95 Å². The molecule has 0 aliphatic rings. The number of hydrogen-bond acceptors (Lipinski definition) is 1. The van der Waals surface area contributed by atoms with E-state index >= 15 is 0 Å². The van der Waals surface area contributed by atoms with Gasteiger partial charge in [0.2, 0.25) is 9.76 Å². The monoisotopic (exact) mass is 360 g/mol. The summed E-state index contributed by atoms with van der Waals surface area (Å²) >= 11 is 3.46. The third kappa shape index (κ3) is 6.59. The summed E-state index contributed by atoms with van der Waals surface area (Å²) in [5.41, 5.74) is 2.79. The highest BCUT2D eigenvalue weighted by molar-refractivity contribution is 9.09. The fourth-order valence-corrected chi connectivity index (χ4v) is 3.29. The normalized spacial score (nSPS) is 11.0. The first-order chi connectivity index (χ1) is 10.4. The average molecular weight is 361 g/mol. The number of benzene rings is 2. The summed E-state index contributed by atoms with van der Waals surface area (Å²) in [7, 11) is 0.547. The Bertz CT molecular complexity index is 446. The van der Waals surface area contributed by atoms with Crippen molar-refractivity contribution in [1.29, 1.82) is 0 Å². The number of rotatable bonds is 9. The summed E-state index contributed by atoms with van der Waals surface area (Å²) < 4.78 is 6.02. The van der Waals surface area contributed by atoms with Crippen molar-refractivity contribution >= 4 is 25.7 Å². The number of aryl methyl sites for hydroxylation is 2. The Labute approximate surface area is 138 Å². The summed E-state index contributed by atoms with van der Waals surface area (Å²) in [6.45, 7) is 0. The molecule has 0 fully saturated rings. The topological polar surface area (TPSA) is 9.23 Å². The standard InChI is InChI=1S/C18H21BrOSi/c19-15-21-20-18(13-11-16-7-3-1-4-8-16)14-12-17-9-5-2-6-10-17/h1-10,18H,11-15H2. The third-order valence-electron chi connectivity index (χ3n) is 3.50. The SMILES string of the molecule is BrC[Si]OC(CCc1ccccc1)CCc1ccccc1. The van der Waals surface area contributed by atoms with Crippen LogP contribution in [0.5, 0.6) is 0 Å². The molecule has 0 bridgehead atoms. The zero-order valence-corrected chi connectivity index (χ0v) is 14.8. The maximum Gasteiger partial charge on any atom is 0.241 e. The van der Waals surface area contributed by atoms with Crippen molar-refractivity contribution in [3.63, 3.8) is 0 Å². The molecule has 0 N–H and O–H groups in total. The number of alkyl halides is 1. The van der Waals surface area contributed by atoms with Gasteiger partial charge in [-0.2, -0.15) is 0 Å². The zero-order chi connectivity index (χ0) is 14.8. The predicted molar refractivity (Wildman–Crippen MR) is 93.9 cm³/mol. The minimum atomic E-state index is 0.348. The molecule has 0 heterocycles. The van der Waals surface area contributed by atoms with Gasteiger partial charge in [-0.05, 0) is 36.8 Å². The molecule has 2 aromatic rings. The largest absolute Gasteiger partial charge is 0.414 e. The van der Waals surface area contributed by atoms with Gasteiger partial charge in [0.1, 0.15) is 0 Å².